The topological polar surface area (TPSA) is 29.1 Å². The highest BCUT2D eigenvalue weighted by molar-refractivity contribution is 5.87. The van der Waals surface area contributed by atoms with Gasteiger partial charge in [-0.25, -0.2) is 0 Å². The van der Waals surface area contributed by atoms with Gasteiger partial charge in [-0.15, -0.1) is 0 Å². The molecule has 1 N–H and O–H groups in total. The van der Waals surface area contributed by atoms with Gasteiger partial charge < -0.3 is 22.2 Å². The molecule has 0 saturated carbocycles. The molecule has 0 aromatic rings. The van der Waals surface area contributed by atoms with Crippen LogP contribution < -0.4 is 17.7 Å². The van der Waals surface area contributed by atoms with Gasteiger partial charge in [0.15, 0.2) is 0 Å². The maximum atomic E-state index is 11.2. The number of hydrogen-bond acceptors (Lipinski definition) is 1. The predicted molar refractivity (Wildman–Crippen MR) is 64.5 cm³/mol. The van der Waals surface area contributed by atoms with Gasteiger partial charge in [0, 0.05) is 12.0 Å². The van der Waals surface area contributed by atoms with Gasteiger partial charge in [0.1, 0.15) is 0 Å². The molecule has 0 aliphatic carbocycles. The van der Waals surface area contributed by atoms with Crippen LogP contribution >= 0.6 is 0 Å². The Kier molecular flexibility index (Phi) is 6.98. The SMILES string of the molecule is C=CC(=O)NC(C)(C)CC(C)[N+](C)(C)C.[Cl-]. The summed E-state index contributed by atoms with van der Waals surface area (Å²) >= 11 is 0. The van der Waals surface area contributed by atoms with Gasteiger partial charge in [-0.3, -0.25) is 4.79 Å². The lowest BCUT2D eigenvalue weighted by Gasteiger charge is -2.37. The third-order valence-corrected chi connectivity index (χ3v) is 2.78. The van der Waals surface area contributed by atoms with Crippen LogP contribution in [0.1, 0.15) is 27.2 Å². The summed E-state index contributed by atoms with van der Waals surface area (Å²) in [5.41, 5.74) is -0.184. The van der Waals surface area contributed by atoms with Crippen LogP contribution in [0.25, 0.3) is 0 Å². The zero-order valence-electron chi connectivity index (χ0n) is 11.3. The van der Waals surface area contributed by atoms with E-state index in [1.54, 1.807) is 0 Å². The molecule has 1 unspecified atom stereocenters. The van der Waals surface area contributed by atoms with E-state index in [1.807, 2.05) is 13.8 Å². The van der Waals surface area contributed by atoms with Crippen molar-refractivity contribution in [1.29, 1.82) is 0 Å². The maximum Gasteiger partial charge on any atom is 0.243 e. The Bertz CT molecular complexity index is 244. The van der Waals surface area contributed by atoms with E-state index in [1.165, 1.54) is 6.08 Å². The summed E-state index contributed by atoms with van der Waals surface area (Å²) in [5, 5.41) is 2.94. The average molecular weight is 249 g/mol. The van der Waals surface area contributed by atoms with E-state index in [-0.39, 0.29) is 23.9 Å². The number of rotatable bonds is 5. The Hall–Kier alpha value is -0.540. The first-order chi connectivity index (χ1) is 6.58. The van der Waals surface area contributed by atoms with Crippen molar-refractivity contribution in [2.75, 3.05) is 21.1 Å². The number of carbonyl (C=O) groups excluding carboxylic acids is 1. The molecule has 16 heavy (non-hydrogen) atoms. The summed E-state index contributed by atoms with van der Waals surface area (Å²) in [6, 6.07) is 0.491. The summed E-state index contributed by atoms with van der Waals surface area (Å²) < 4.78 is 0.896. The fourth-order valence-electron chi connectivity index (χ4n) is 1.45. The first-order valence-corrected chi connectivity index (χ1v) is 5.34. The number of nitrogens with one attached hydrogen (secondary N) is 1. The van der Waals surface area contributed by atoms with Crippen LogP contribution in [0.5, 0.6) is 0 Å². The van der Waals surface area contributed by atoms with Crippen LogP contribution in [-0.2, 0) is 4.79 Å². The van der Waals surface area contributed by atoms with Crippen LogP contribution in [0.2, 0.25) is 0 Å². The van der Waals surface area contributed by atoms with E-state index in [2.05, 4.69) is 40.0 Å². The van der Waals surface area contributed by atoms with Crippen molar-refractivity contribution < 1.29 is 21.7 Å². The zero-order valence-corrected chi connectivity index (χ0v) is 12.1. The molecule has 0 spiro atoms. The molecular weight excluding hydrogens is 224 g/mol. The lowest BCUT2D eigenvalue weighted by molar-refractivity contribution is -0.894. The molecule has 0 aliphatic rings. The van der Waals surface area contributed by atoms with Gasteiger partial charge >= 0.3 is 0 Å². The van der Waals surface area contributed by atoms with E-state index >= 15 is 0 Å². The molecule has 96 valence electrons. The Morgan fingerprint density at radius 3 is 2.19 bits per heavy atom. The molecule has 0 radical (unpaired) electrons. The standard InChI is InChI=1S/C12H24N2O.ClH/c1-8-11(15)13-12(3,4)9-10(2)14(5,6)7;/h8,10H,1,9H2,2-7H3;1H. The second-order valence-electron chi connectivity index (χ2n) is 5.75. The number of hydrogen-bond donors (Lipinski definition) is 1. The van der Waals surface area contributed by atoms with E-state index in [0.717, 1.165) is 10.9 Å². The van der Waals surface area contributed by atoms with Gasteiger partial charge in [-0.1, -0.05) is 6.58 Å². The van der Waals surface area contributed by atoms with Gasteiger partial charge in [-0.2, -0.15) is 0 Å². The molecule has 0 aliphatic heterocycles. The molecule has 1 amide bonds. The summed E-state index contributed by atoms with van der Waals surface area (Å²) in [6.45, 7) is 9.74. The van der Waals surface area contributed by atoms with E-state index in [9.17, 15) is 4.79 Å². The average Bonchev–Trinajstić information content (AvgIpc) is 2.00. The Balaban J connectivity index is 0. The lowest BCUT2D eigenvalue weighted by atomic mass is 9.94. The highest BCUT2D eigenvalue weighted by atomic mass is 35.5. The van der Waals surface area contributed by atoms with E-state index < -0.39 is 0 Å². The van der Waals surface area contributed by atoms with Gasteiger partial charge in [-0.05, 0) is 26.8 Å². The Morgan fingerprint density at radius 1 is 1.44 bits per heavy atom. The zero-order chi connectivity index (χ0) is 12.3. The van der Waals surface area contributed by atoms with Crippen molar-refractivity contribution in [3.63, 3.8) is 0 Å². The highest BCUT2D eigenvalue weighted by Gasteiger charge is 2.28. The van der Waals surface area contributed by atoms with Gasteiger partial charge in [0.25, 0.3) is 0 Å². The van der Waals surface area contributed by atoms with Crippen molar-refractivity contribution in [1.82, 2.24) is 5.32 Å². The molecule has 0 saturated heterocycles. The molecule has 4 heteroatoms. The van der Waals surface area contributed by atoms with Crippen LogP contribution in [0.15, 0.2) is 12.7 Å². The smallest absolute Gasteiger partial charge is 0.243 e. The van der Waals surface area contributed by atoms with Crippen molar-refractivity contribution >= 4 is 5.91 Å². The van der Waals surface area contributed by atoms with Crippen LogP contribution in [0, 0.1) is 0 Å². The van der Waals surface area contributed by atoms with Crippen LogP contribution in [0.4, 0.5) is 0 Å². The van der Waals surface area contributed by atoms with E-state index in [0.29, 0.717) is 6.04 Å². The van der Waals surface area contributed by atoms with Crippen molar-refractivity contribution in [3.8, 4) is 0 Å². The lowest BCUT2D eigenvalue weighted by Crippen LogP contribution is -3.00. The molecule has 3 nitrogen and oxygen atoms in total. The summed E-state index contributed by atoms with van der Waals surface area (Å²) in [4.78, 5) is 11.2. The van der Waals surface area contributed by atoms with Gasteiger partial charge in [0.05, 0.1) is 27.2 Å². The summed E-state index contributed by atoms with van der Waals surface area (Å²) in [5.74, 6) is -0.103. The molecule has 0 bridgehead atoms. The Labute approximate surface area is 106 Å². The first kappa shape index (κ1) is 17.8. The van der Waals surface area contributed by atoms with Crippen LogP contribution in [-0.4, -0.2) is 43.1 Å². The van der Waals surface area contributed by atoms with E-state index in [4.69, 9.17) is 0 Å². The fraction of sp³-hybridized carbons (Fsp3) is 0.750. The molecule has 0 aromatic heterocycles. The fourth-order valence-corrected chi connectivity index (χ4v) is 1.45. The largest absolute Gasteiger partial charge is 1.00 e. The second kappa shape index (κ2) is 6.26. The number of carbonyl (C=O) groups is 1. The normalized spacial score (nSPS) is 13.6. The van der Waals surface area contributed by atoms with Crippen molar-refractivity contribution in [2.24, 2.45) is 0 Å². The minimum Gasteiger partial charge on any atom is -1.00 e. The maximum absolute atomic E-state index is 11.2. The summed E-state index contributed by atoms with van der Waals surface area (Å²) in [7, 11) is 6.49. The second-order valence-corrected chi connectivity index (χ2v) is 5.75. The van der Waals surface area contributed by atoms with Crippen molar-refractivity contribution in [3.05, 3.63) is 12.7 Å². The predicted octanol–water partition coefficient (Wildman–Crippen LogP) is -1.44. The third kappa shape index (κ3) is 6.85. The molecular formula is C12H25ClN2O. The minimum absolute atomic E-state index is 0. The van der Waals surface area contributed by atoms with Crippen molar-refractivity contribution in [2.45, 2.75) is 38.8 Å². The third-order valence-electron chi connectivity index (χ3n) is 2.78. The molecule has 0 heterocycles. The number of quaternary nitrogens is 1. The number of halogens is 1. The summed E-state index contributed by atoms with van der Waals surface area (Å²) in [6.07, 6.45) is 2.26. The number of amides is 1. The number of nitrogens with zero attached hydrogens (tertiary/aromatic N) is 1. The first-order valence-electron chi connectivity index (χ1n) is 5.34. The molecule has 0 fully saturated rings. The quantitative estimate of drug-likeness (QED) is 0.469. The molecule has 0 rings (SSSR count). The molecule has 1 atom stereocenters. The minimum atomic E-state index is -0.184. The monoisotopic (exact) mass is 248 g/mol. The van der Waals surface area contributed by atoms with Gasteiger partial charge in [0.2, 0.25) is 5.91 Å². The molecule has 0 aromatic carbocycles. The van der Waals surface area contributed by atoms with Crippen LogP contribution in [0.3, 0.4) is 0 Å². The Morgan fingerprint density at radius 2 is 1.88 bits per heavy atom. The highest BCUT2D eigenvalue weighted by Crippen LogP contribution is 2.17.